The highest BCUT2D eigenvalue weighted by molar-refractivity contribution is 7.89. The minimum absolute atomic E-state index is 0.0415. The van der Waals surface area contributed by atoms with Crippen molar-refractivity contribution in [3.05, 3.63) is 46.4 Å². The Morgan fingerprint density at radius 3 is 2.45 bits per heavy atom. The highest BCUT2D eigenvalue weighted by Gasteiger charge is 2.28. The monoisotopic (exact) mass is 488 g/mol. The van der Waals surface area contributed by atoms with Crippen LogP contribution in [0, 0.1) is 0 Å². The van der Waals surface area contributed by atoms with E-state index >= 15 is 0 Å². The second-order valence-electron chi connectivity index (χ2n) is 6.70. The van der Waals surface area contributed by atoms with Crippen molar-refractivity contribution < 1.29 is 27.4 Å². The number of ether oxygens (including phenoxy) is 3. The quantitative estimate of drug-likeness (QED) is 0.641. The number of nitrogens with one attached hydrogen (secondary N) is 1. The number of anilines is 1. The summed E-state index contributed by atoms with van der Waals surface area (Å²) in [4.78, 5) is 12.7. The molecule has 31 heavy (non-hydrogen) atoms. The topological polar surface area (TPSA) is 94.2 Å². The predicted molar refractivity (Wildman–Crippen MR) is 118 cm³/mol. The van der Waals surface area contributed by atoms with Crippen LogP contribution in [0.1, 0.15) is 6.92 Å². The number of methoxy groups -OCH3 is 1. The second-order valence-corrected chi connectivity index (χ2v) is 9.48. The number of hydrogen-bond acceptors (Lipinski definition) is 6. The summed E-state index contributed by atoms with van der Waals surface area (Å²) < 4.78 is 43.3. The first kappa shape index (κ1) is 23.6. The van der Waals surface area contributed by atoms with Crippen LogP contribution in [0.15, 0.2) is 41.3 Å². The summed E-state index contributed by atoms with van der Waals surface area (Å²) in [5.41, 5.74) is 0.208. The molecule has 8 nitrogen and oxygen atoms in total. The van der Waals surface area contributed by atoms with E-state index in [2.05, 4.69) is 5.32 Å². The second kappa shape index (κ2) is 10.1. The number of hydrogen-bond donors (Lipinski definition) is 1. The molecule has 0 aliphatic carbocycles. The maximum atomic E-state index is 12.9. The Labute approximate surface area is 191 Å². The van der Waals surface area contributed by atoms with Crippen molar-refractivity contribution in [3.63, 3.8) is 0 Å². The predicted octanol–water partition coefficient (Wildman–Crippen LogP) is 3.43. The van der Waals surface area contributed by atoms with Gasteiger partial charge in [-0.2, -0.15) is 4.31 Å². The number of nitrogens with zero attached hydrogens (tertiary/aromatic N) is 1. The lowest BCUT2D eigenvalue weighted by atomic mass is 10.2. The highest BCUT2D eigenvalue weighted by atomic mass is 35.5. The molecule has 0 saturated carbocycles. The molecular formula is C20H22Cl2N2O6S. The first-order valence-corrected chi connectivity index (χ1v) is 11.6. The number of amides is 1. The number of morpholine rings is 1. The molecule has 1 saturated heterocycles. The molecule has 0 radical (unpaired) electrons. The Hall–Kier alpha value is -2.04. The van der Waals surface area contributed by atoms with E-state index in [0.29, 0.717) is 29.7 Å². The molecule has 11 heteroatoms. The van der Waals surface area contributed by atoms with Gasteiger partial charge < -0.3 is 19.5 Å². The van der Waals surface area contributed by atoms with Gasteiger partial charge in [0.15, 0.2) is 6.10 Å². The maximum absolute atomic E-state index is 12.9. The van der Waals surface area contributed by atoms with Crippen LogP contribution in [0.5, 0.6) is 11.5 Å². The van der Waals surface area contributed by atoms with Gasteiger partial charge in [0.05, 0.1) is 35.9 Å². The average Bonchev–Trinajstić information content (AvgIpc) is 2.76. The van der Waals surface area contributed by atoms with Crippen LogP contribution < -0.4 is 14.8 Å². The molecule has 0 aromatic heterocycles. The summed E-state index contributed by atoms with van der Waals surface area (Å²) in [7, 11) is -2.31. The van der Waals surface area contributed by atoms with Crippen LogP contribution in [0.4, 0.5) is 5.69 Å². The molecule has 1 unspecified atom stereocenters. The zero-order chi connectivity index (χ0) is 22.6. The molecule has 1 heterocycles. The molecule has 168 valence electrons. The molecule has 1 atom stereocenters. The lowest BCUT2D eigenvalue weighted by Crippen LogP contribution is -2.40. The van der Waals surface area contributed by atoms with Gasteiger partial charge in [-0.15, -0.1) is 0 Å². The van der Waals surface area contributed by atoms with Gasteiger partial charge in [-0.05, 0) is 43.3 Å². The van der Waals surface area contributed by atoms with Crippen LogP contribution in [0.3, 0.4) is 0 Å². The fourth-order valence-corrected chi connectivity index (χ4v) is 4.82. The van der Waals surface area contributed by atoms with Crippen LogP contribution >= 0.6 is 23.2 Å². The third kappa shape index (κ3) is 5.61. The Kier molecular flexibility index (Phi) is 7.66. The maximum Gasteiger partial charge on any atom is 0.265 e. The van der Waals surface area contributed by atoms with Crippen molar-refractivity contribution in [1.82, 2.24) is 4.31 Å². The van der Waals surface area contributed by atoms with Crippen LogP contribution in [0.2, 0.25) is 10.0 Å². The molecule has 3 rings (SSSR count). The summed E-state index contributed by atoms with van der Waals surface area (Å²) in [6, 6.07) is 8.95. The van der Waals surface area contributed by atoms with Gasteiger partial charge in [-0.1, -0.05) is 23.2 Å². The summed E-state index contributed by atoms with van der Waals surface area (Å²) in [5.74, 6) is 0.0977. The smallest absolute Gasteiger partial charge is 0.265 e. The van der Waals surface area contributed by atoms with E-state index in [-0.39, 0.29) is 28.7 Å². The van der Waals surface area contributed by atoms with Crippen molar-refractivity contribution in [2.45, 2.75) is 17.9 Å². The van der Waals surface area contributed by atoms with Crippen molar-refractivity contribution in [2.24, 2.45) is 0 Å². The first-order chi connectivity index (χ1) is 14.7. The largest absolute Gasteiger partial charge is 0.495 e. The van der Waals surface area contributed by atoms with Gasteiger partial charge in [-0.3, -0.25) is 4.79 Å². The molecule has 1 fully saturated rings. The Morgan fingerprint density at radius 1 is 1.13 bits per heavy atom. The average molecular weight is 489 g/mol. The Balaban J connectivity index is 1.79. The number of rotatable bonds is 7. The lowest BCUT2D eigenvalue weighted by molar-refractivity contribution is -0.122. The van der Waals surface area contributed by atoms with Gasteiger partial charge in [0.25, 0.3) is 5.91 Å². The fraction of sp³-hybridized carbons (Fsp3) is 0.350. The zero-order valence-corrected chi connectivity index (χ0v) is 19.3. The number of halogens is 2. The summed E-state index contributed by atoms with van der Waals surface area (Å²) in [5, 5.41) is 3.37. The van der Waals surface area contributed by atoms with Crippen molar-refractivity contribution >= 4 is 44.8 Å². The number of carbonyl (C=O) groups is 1. The molecule has 2 aromatic rings. The van der Waals surface area contributed by atoms with Crippen molar-refractivity contribution in [2.75, 3.05) is 38.7 Å². The number of benzene rings is 2. The van der Waals surface area contributed by atoms with E-state index in [4.69, 9.17) is 37.4 Å². The summed E-state index contributed by atoms with van der Waals surface area (Å²) in [6.45, 7) is 2.74. The standard InChI is InChI=1S/C20H22Cl2N2O6S/c1-13(30-18-5-3-14(21)11-16(18)22)20(25)23-17-12-15(4-6-19(17)28-2)31(26,27)24-7-9-29-10-8-24/h3-6,11-13H,7-10H2,1-2H3,(H,23,25). The van der Waals surface area contributed by atoms with E-state index in [9.17, 15) is 13.2 Å². The molecular weight excluding hydrogens is 467 g/mol. The SMILES string of the molecule is COc1ccc(S(=O)(=O)N2CCOCC2)cc1NC(=O)C(C)Oc1ccc(Cl)cc1Cl. The van der Waals surface area contributed by atoms with Gasteiger partial charge >= 0.3 is 0 Å². The van der Waals surface area contributed by atoms with Gasteiger partial charge in [-0.25, -0.2) is 8.42 Å². The van der Waals surface area contributed by atoms with E-state index < -0.39 is 22.0 Å². The molecule has 0 bridgehead atoms. The third-order valence-corrected chi connectivity index (χ3v) is 7.03. The highest BCUT2D eigenvalue weighted by Crippen LogP contribution is 2.31. The minimum Gasteiger partial charge on any atom is -0.495 e. The molecule has 1 N–H and O–H groups in total. The number of carbonyl (C=O) groups excluding carboxylic acids is 1. The lowest BCUT2D eigenvalue weighted by Gasteiger charge is -2.26. The van der Waals surface area contributed by atoms with Crippen molar-refractivity contribution in [1.29, 1.82) is 0 Å². The first-order valence-electron chi connectivity index (χ1n) is 9.41. The fourth-order valence-electron chi connectivity index (χ4n) is 2.93. The normalized spacial score (nSPS) is 15.9. The molecule has 1 aliphatic heterocycles. The van der Waals surface area contributed by atoms with Crippen LogP contribution in [-0.2, 0) is 19.6 Å². The van der Waals surface area contributed by atoms with Crippen molar-refractivity contribution in [3.8, 4) is 11.5 Å². The zero-order valence-electron chi connectivity index (χ0n) is 16.9. The molecule has 2 aromatic carbocycles. The van der Waals surface area contributed by atoms with Crippen LogP contribution in [-0.4, -0.2) is 58.1 Å². The van der Waals surface area contributed by atoms with E-state index in [1.54, 1.807) is 19.1 Å². The summed E-state index contributed by atoms with van der Waals surface area (Å²) >= 11 is 12.0. The van der Waals surface area contributed by atoms with E-state index in [1.165, 1.54) is 35.7 Å². The van der Waals surface area contributed by atoms with E-state index in [0.717, 1.165) is 0 Å². The summed E-state index contributed by atoms with van der Waals surface area (Å²) in [6.07, 6.45) is -0.928. The number of sulfonamides is 1. The molecule has 1 aliphatic rings. The van der Waals surface area contributed by atoms with Gasteiger partial charge in [0.2, 0.25) is 10.0 Å². The molecule has 1 amide bonds. The van der Waals surface area contributed by atoms with Gasteiger partial charge in [0, 0.05) is 18.1 Å². The Morgan fingerprint density at radius 2 is 1.81 bits per heavy atom. The molecule has 0 spiro atoms. The van der Waals surface area contributed by atoms with E-state index in [1.807, 2.05) is 0 Å². The Bertz CT molecular complexity index is 1060. The van der Waals surface area contributed by atoms with Gasteiger partial charge in [0.1, 0.15) is 11.5 Å². The third-order valence-electron chi connectivity index (χ3n) is 4.60. The van der Waals surface area contributed by atoms with Crippen LogP contribution in [0.25, 0.3) is 0 Å². The minimum atomic E-state index is -3.74.